The first-order valence-corrected chi connectivity index (χ1v) is 10.7. The SMILES string of the molecule is CN=C(NCCCOCC1CCOC1)NCc1ccc(S(=O)(=O)NC)cc1. The maximum atomic E-state index is 11.7. The summed E-state index contributed by atoms with van der Waals surface area (Å²) in [6, 6.07) is 6.74. The lowest BCUT2D eigenvalue weighted by Gasteiger charge is -2.13. The van der Waals surface area contributed by atoms with Crippen molar-refractivity contribution in [2.45, 2.75) is 24.3 Å². The zero-order chi connectivity index (χ0) is 19.5. The zero-order valence-electron chi connectivity index (χ0n) is 16.0. The Labute approximate surface area is 161 Å². The van der Waals surface area contributed by atoms with Crippen LogP contribution in [-0.4, -0.2) is 61.4 Å². The lowest BCUT2D eigenvalue weighted by molar-refractivity contribution is 0.0888. The van der Waals surface area contributed by atoms with Gasteiger partial charge in [-0.25, -0.2) is 13.1 Å². The summed E-state index contributed by atoms with van der Waals surface area (Å²) in [7, 11) is -0.287. The average molecular weight is 399 g/mol. The molecular formula is C18H30N4O4S. The third kappa shape index (κ3) is 7.45. The highest BCUT2D eigenvalue weighted by Crippen LogP contribution is 2.12. The zero-order valence-corrected chi connectivity index (χ0v) is 16.8. The number of hydrogen-bond donors (Lipinski definition) is 3. The second kappa shape index (κ2) is 11.2. The predicted molar refractivity (Wildman–Crippen MR) is 105 cm³/mol. The van der Waals surface area contributed by atoms with Crippen molar-refractivity contribution in [2.24, 2.45) is 10.9 Å². The molecule has 0 radical (unpaired) electrons. The standard InChI is InChI=1S/C18H30N4O4S/c1-19-18(21-9-3-10-25-13-16-8-11-26-14-16)22-12-15-4-6-17(7-5-15)27(23,24)20-2/h4-7,16,20H,3,8-14H2,1-2H3,(H2,19,21,22). The Bertz CT molecular complexity index is 686. The molecule has 0 aromatic heterocycles. The summed E-state index contributed by atoms with van der Waals surface area (Å²) >= 11 is 0. The van der Waals surface area contributed by atoms with Gasteiger partial charge in [0, 0.05) is 39.3 Å². The molecule has 1 unspecified atom stereocenters. The van der Waals surface area contributed by atoms with Crippen LogP contribution in [-0.2, 0) is 26.0 Å². The quantitative estimate of drug-likeness (QED) is 0.305. The van der Waals surface area contributed by atoms with Crippen LogP contribution >= 0.6 is 0 Å². The molecule has 1 aliphatic rings. The Morgan fingerprint density at radius 1 is 1.30 bits per heavy atom. The Kier molecular flexibility index (Phi) is 8.99. The van der Waals surface area contributed by atoms with Crippen LogP contribution in [0.25, 0.3) is 0 Å². The highest BCUT2D eigenvalue weighted by molar-refractivity contribution is 7.89. The number of nitrogens with zero attached hydrogens (tertiary/aromatic N) is 1. The highest BCUT2D eigenvalue weighted by Gasteiger charge is 2.15. The van der Waals surface area contributed by atoms with Crippen molar-refractivity contribution in [3.63, 3.8) is 0 Å². The molecule has 9 heteroatoms. The molecule has 8 nitrogen and oxygen atoms in total. The predicted octanol–water partition coefficient (Wildman–Crippen LogP) is 0.703. The van der Waals surface area contributed by atoms with Crippen LogP contribution < -0.4 is 15.4 Å². The molecule has 2 rings (SSSR count). The van der Waals surface area contributed by atoms with Crippen LogP contribution in [0.4, 0.5) is 0 Å². The molecule has 3 N–H and O–H groups in total. The summed E-state index contributed by atoms with van der Waals surface area (Å²) < 4.78 is 36.7. The first kappa shape index (κ1) is 21.6. The van der Waals surface area contributed by atoms with Crippen molar-refractivity contribution < 1.29 is 17.9 Å². The fourth-order valence-electron chi connectivity index (χ4n) is 2.66. The number of hydrogen-bond acceptors (Lipinski definition) is 5. The lowest BCUT2D eigenvalue weighted by Crippen LogP contribution is -2.37. The van der Waals surface area contributed by atoms with E-state index in [4.69, 9.17) is 9.47 Å². The van der Waals surface area contributed by atoms with Gasteiger partial charge in [-0.2, -0.15) is 0 Å². The van der Waals surface area contributed by atoms with Gasteiger partial charge in [-0.3, -0.25) is 4.99 Å². The minimum Gasteiger partial charge on any atom is -0.381 e. The second-order valence-corrected chi connectivity index (χ2v) is 8.25. The molecule has 1 aliphatic heterocycles. The number of nitrogens with one attached hydrogen (secondary N) is 3. The molecule has 1 fully saturated rings. The number of ether oxygens (including phenoxy) is 2. The van der Waals surface area contributed by atoms with Gasteiger partial charge in [0.1, 0.15) is 0 Å². The van der Waals surface area contributed by atoms with Gasteiger partial charge in [0.15, 0.2) is 5.96 Å². The second-order valence-electron chi connectivity index (χ2n) is 6.36. The molecule has 0 spiro atoms. The molecule has 27 heavy (non-hydrogen) atoms. The summed E-state index contributed by atoms with van der Waals surface area (Å²) in [5, 5.41) is 6.45. The van der Waals surface area contributed by atoms with E-state index in [2.05, 4.69) is 20.3 Å². The highest BCUT2D eigenvalue weighted by atomic mass is 32.2. The van der Waals surface area contributed by atoms with Crippen LogP contribution in [0.2, 0.25) is 0 Å². The van der Waals surface area contributed by atoms with Crippen LogP contribution in [0.3, 0.4) is 0 Å². The first-order valence-electron chi connectivity index (χ1n) is 9.17. The number of sulfonamides is 1. The van der Waals surface area contributed by atoms with Gasteiger partial charge in [-0.1, -0.05) is 12.1 Å². The third-order valence-electron chi connectivity index (χ3n) is 4.32. The largest absolute Gasteiger partial charge is 0.381 e. The minimum absolute atomic E-state index is 0.250. The van der Waals surface area contributed by atoms with Crippen LogP contribution in [0.5, 0.6) is 0 Å². The van der Waals surface area contributed by atoms with Crippen molar-refractivity contribution in [1.29, 1.82) is 0 Å². The van der Waals surface area contributed by atoms with Gasteiger partial charge < -0.3 is 20.1 Å². The Balaban J connectivity index is 1.63. The fraction of sp³-hybridized carbons (Fsp3) is 0.611. The maximum Gasteiger partial charge on any atom is 0.240 e. The normalized spacial score (nSPS) is 17.9. The number of guanidine groups is 1. The van der Waals surface area contributed by atoms with E-state index in [0.29, 0.717) is 25.0 Å². The van der Waals surface area contributed by atoms with Crippen LogP contribution in [0.1, 0.15) is 18.4 Å². The first-order chi connectivity index (χ1) is 13.0. The lowest BCUT2D eigenvalue weighted by atomic mass is 10.1. The van der Waals surface area contributed by atoms with Crippen molar-refractivity contribution in [3.05, 3.63) is 29.8 Å². The van der Waals surface area contributed by atoms with E-state index in [-0.39, 0.29) is 4.90 Å². The van der Waals surface area contributed by atoms with Crippen molar-refractivity contribution in [3.8, 4) is 0 Å². The van der Waals surface area contributed by atoms with Crippen molar-refractivity contribution in [2.75, 3.05) is 47.1 Å². The average Bonchev–Trinajstić information content (AvgIpc) is 3.20. The molecule has 1 aromatic rings. The monoisotopic (exact) mass is 398 g/mol. The number of aliphatic imine (C=N–C) groups is 1. The fourth-order valence-corrected chi connectivity index (χ4v) is 3.39. The molecule has 0 bridgehead atoms. The Hall–Kier alpha value is -1.68. The third-order valence-corrected chi connectivity index (χ3v) is 5.75. The maximum absolute atomic E-state index is 11.7. The van der Waals surface area contributed by atoms with Gasteiger partial charge in [0.25, 0.3) is 0 Å². The van der Waals surface area contributed by atoms with E-state index in [1.807, 2.05) is 0 Å². The topological polar surface area (TPSA) is 101 Å². The van der Waals surface area contributed by atoms with Gasteiger partial charge in [-0.05, 0) is 37.6 Å². The molecule has 1 atom stereocenters. The van der Waals surface area contributed by atoms with E-state index in [0.717, 1.165) is 44.8 Å². The molecule has 152 valence electrons. The Morgan fingerprint density at radius 3 is 2.70 bits per heavy atom. The number of benzene rings is 1. The van der Waals surface area contributed by atoms with Crippen LogP contribution in [0, 0.1) is 5.92 Å². The summed E-state index contributed by atoms with van der Waals surface area (Å²) in [5.41, 5.74) is 0.968. The number of rotatable bonds is 10. The van der Waals surface area contributed by atoms with E-state index in [1.54, 1.807) is 31.3 Å². The van der Waals surface area contributed by atoms with Crippen LogP contribution in [0.15, 0.2) is 34.2 Å². The Morgan fingerprint density at radius 2 is 2.07 bits per heavy atom. The summed E-state index contributed by atoms with van der Waals surface area (Å²) in [6.45, 7) is 4.47. The molecule has 1 heterocycles. The van der Waals surface area contributed by atoms with Gasteiger partial charge >= 0.3 is 0 Å². The smallest absolute Gasteiger partial charge is 0.240 e. The molecule has 0 aliphatic carbocycles. The van der Waals surface area contributed by atoms with Crippen molar-refractivity contribution >= 4 is 16.0 Å². The molecular weight excluding hydrogens is 368 g/mol. The van der Waals surface area contributed by atoms with E-state index in [9.17, 15) is 8.42 Å². The van der Waals surface area contributed by atoms with Gasteiger partial charge in [-0.15, -0.1) is 0 Å². The van der Waals surface area contributed by atoms with E-state index < -0.39 is 10.0 Å². The molecule has 1 aromatic carbocycles. The summed E-state index contributed by atoms with van der Waals surface area (Å²) in [6.07, 6.45) is 1.99. The van der Waals surface area contributed by atoms with Crippen molar-refractivity contribution in [1.82, 2.24) is 15.4 Å². The molecule has 0 amide bonds. The molecule has 0 saturated carbocycles. The summed E-state index contributed by atoms with van der Waals surface area (Å²) in [5.74, 6) is 1.24. The van der Waals surface area contributed by atoms with E-state index in [1.165, 1.54) is 7.05 Å². The summed E-state index contributed by atoms with van der Waals surface area (Å²) in [4.78, 5) is 4.44. The molecule has 1 saturated heterocycles. The van der Waals surface area contributed by atoms with Gasteiger partial charge in [0.05, 0.1) is 18.1 Å². The van der Waals surface area contributed by atoms with Gasteiger partial charge in [0.2, 0.25) is 10.0 Å². The van der Waals surface area contributed by atoms with E-state index >= 15 is 0 Å². The minimum atomic E-state index is -3.40.